The van der Waals surface area contributed by atoms with E-state index in [4.69, 9.17) is 9.47 Å². The number of sulfonamides is 1. The number of pyridine rings is 1. The first-order valence-electron chi connectivity index (χ1n) is 8.94. The summed E-state index contributed by atoms with van der Waals surface area (Å²) in [5, 5.41) is 0. The van der Waals surface area contributed by atoms with Gasteiger partial charge in [-0.3, -0.25) is 9.59 Å². The van der Waals surface area contributed by atoms with Crippen molar-refractivity contribution in [1.29, 1.82) is 0 Å². The van der Waals surface area contributed by atoms with E-state index in [2.05, 4.69) is 0 Å². The van der Waals surface area contributed by atoms with Gasteiger partial charge in [-0.2, -0.15) is 0 Å². The molecule has 0 saturated carbocycles. The molecule has 1 aliphatic rings. The Kier molecular flexibility index (Phi) is 5.94. The number of nitrogens with zero attached hydrogens (tertiary/aromatic N) is 3. The van der Waals surface area contributed by atoms with Crippen molar-refractivity contribution in [3.63, 3.8) is 0 Å². The molecule has 2 aromatic rings. The van der Waals surface area contributed by atoms with Gasteiger partial charge in [0.2, 0.25) is 15.9 Å². The Hall–Kier alpha value is -2.85. The van der Waals surface area contributed by atoms with Crippen molar-refractivity contribution in [1.82, 2.24) is 13.8 Å². The van der Waals surface area contributed by atoms with E-state index in [0.29, 0.717) is 18.1 Å². The monoisotopic (exact) mass is 421 g/mol. The summed E-state index contributed by atoms with van der Waals surface area (Å²) in [7, 11) is 0.678. The quantitative estimate of drug-likeness (QED) is 0.670. The molecule has 1 aromatic carbocycles. The van der Waals surface area contributed by atoms with Crippen molar-refractivity contribution in [3.8, 4) is 11.5 Å². The topological polar surface area (TPSA) is 98.2 Å². The lowest BCUT2D eigenvalue weighted by molar-refractivity contribution is -0.132. The fourth-order valence-electron chi connectivity index (χ4n) is 2.82. The predicted octanol–water partition coefficient (Wildman–Crippen LogP) is 0.397. The second kappa shape index (κ2) is 8.26. The fraction of sp³-hybridized carbons (Fsp3) is 0.368. The summed E-state index contributed by atoms with van der Waals surface area (Å²) in [6.45, 7) is 0.277. The molecular formula is C19H23N3O6S. The largest absolute Gasteiger partial charge is 0.486 e. The van der Waals surface area contributed by atoms with E-state index in [1.54, 1.807) is 13.1 Å². The number of ether oxygens (including phenoxy) is 2. The highest BCUT2D eigenvalue weighted by molar-refractivity contribution is 7.89. The third-order valence-electron chi connectivity index (χ3n) is 4.51. The Morgan fingerprint density at radius 2 is 1.83 bits per heavy atom. The predicted molar refractivity (Wildman–Crippen MR) is 106 cm³/mol. The number of amides is 1. The van der Waals surface area contributed by atoms with Crippen molar-refractivity contribution in [2.75, 3.05) is 34.3 Å². The van der Waals surface area contributed by atoms with Crippen molar-refractivity contribution in [2.45, 2.75) is 17.5 Å². The van der Waals surface area contributed by atoms with Crippen LogP contribution in [-0.4, -0.2) is 68.5 Å². The molecule has 0 N–H and O–H groups in total. The highest BCUT2D eigenvalue weighted by Crippen LogP contribution is 2.30. The first kappa shape index (κ1) is 20.9. The second-order valence-corrected chi connectivity index (χ2v) is 9.04. The van der Waals surface area contributed by atoms with Crippen LogP contribution in [0.3, 0.4) is 0 Å². The molecule has 156 valence electrons. The third-order valence-corrected chi connectivity index (χ3v) is 6.31. The van der Waals surface area contributed by atoms with Gasteiger partial charge in [0.05, 0.1) is 11.4 Å². The van der Waals surface area contributed by atoms with Crippen molar-refractivity contribution in [3.05, 3.63) is 52.9 Å². The third kappa shape index (κ3) is 4.60. The van der Waals surface area contributed by atoms with Gasteiger partial charge in [0, 0.05) is 33.4 Å². The van der Waals surface area contributed by atoms with Crippen LogP contribution < -0.4 is 15.0 Å². The molecule has 10 heteroatoms. The number of benzene rings is 1. The van der Waals surface area contributed by atoms with E-state index in [0.717, 1.165) is 14.9 Å². The van der Waals surface area contributed by atoms with Crippen LogP contribution in [0.25, 0.3) is 0 Å². The first-order chi connectivity index (χ1) is 13.7. The minimum absolute atomic E-state index is 0.0572. The van der Waals surface area contributed by atoms with E-state index in [1.807, 2.05) is 18.2 Å². The summed E-state index contributed by atoms with van der Waals surface area (Å²) in [5.74, 6) is 0.916. The molecule has 0 bridgehead atoms. The molecule has 0 fully saturated rings. The highest BCUT2D eigenvalue weighted by Gasteiger charge is 2.24. The van der Waals surface area contributed by atoms with Gasteiger partial charge in [-0.15, -0.1) is 0 Å². The maximum absolute atomic E-state index is 12.6. The zero-order valence-electron chi connectivity index (χ0n) is 16.4. The summed E-state index contributed by atoms with van der Waals surface area (Å²) in [6, 6.07) is 9.65. The first-order valence-corrected chi connectivity index (χ1v) is 10.4. The normalized spacial score (nSPS) is 15.9. The van der Waals surface area contributed by atoms with Gasteiger partial charge in [0.1, 0.15) is 13.2 Å². The van der Waals surface area contributed by atoms with Crippen LogP contribution >= 0.6 is 0 Å². The minimum atomic E-state index is -3.71. The molecule has 3 rings (SSSR count). The number of rotatable bonds is 6. The smallest absolute Gasteiger partial charge is 0.251 e. The molecule has 0 saturated heterocycles. The van der Waals surface area contributed by atoms with Gasteiger partial charge < -0.3 is 18.9 Å². The summed E-state index contributed by atoms with van der Waals surface area (Å²) < 4.78 is 38.1. The number of fused-ring (bicyclic) bond motifs is 1. The number of hydrogen-bond acceptors (Lipinski definition) is 6. The Balaban J connectivity index is 1.68. The van der Waals surface area contributed by atoms with Gasteiger partial charge in [0.15, 0.2) is 17.6 Å². The van der Waals surface area contributed by atoms with Crippen LogP contribution in [0.4, 0.5) is 0 Å². The SMILES string of the molecule is CN(CC1COc2ccccc2O1)C(=O)Cn1cc(S(=O)(=O)N(C)C)ccc1=O. The molecule has 1 aliphatic heterocycles. The molecule has 1 unspecified atom stereocenters. The van der Waals surface area contributed by atoms with Crippen LogP contribution in [0.5, 0.6) is 11.5 Å². The van der Waals surface area contributed by atoms with Crippen LogP contribution in [0.1, 0.15) is 0 Å². The van der Waals surface area contributed by atoms with Gasteiger partial charge in [-0.25, -0.2) is 12.7 Å². The summed E-state index contributed by atoms with van der Waals surface area (Å²) in [5.41, 5.74) is -0.462. The Morgan fingerprint density at radius 1 is 1.14 bits per heavy atom. The molecule has 0 radical (unpaired) electrons. The van der Waals surface area contributed by atoms with Crippen LogP contribution in [0, 0.1) is 0 Å². The van der Waals surface area contributed by atoms with E-state index in [-0.39, 0.29) is 30.0 Å². The van der Waals surface area contributed by atoms with E-state index < -0.39 is 15.6 Å². The number of carbonyl (C=O) groups excluding carboxylic acids is 1. The summed E-state index contributed by atoms with van der Waals surface area (Å²) >= 11 is 0. The van der Waals surface area contributed by atoms with E-state index in [1.165, 1.54) is 31.3 Å². The van der Waals surface area contributed by atoms with Crippen LogP contribution in [0.15, 0.2) is 52.3 Å². The molecule has 29 heavy (non-hydrogen) atoms. The van der Waals surface area contributed by atoms with Crippen molar-refractivity contribution >= 4 is 15.9 Å². The molecular weight excluding hydrogens is 398 g/mol. The maximum Gasteiger partial charge on any atom is 0.251 e. The molecule has 2 heterocycles. The van der Waals surface area contributed by atoms with Crippen molar-refractivity contribution < 1.29 is 22.7 Å². The number of hydrogen-bond donors (Lipinski definition) is 0. The van der Waals surface area contributed by atoms with Gasteiger partial charge in [-0.05, 0) is 18.2 Å². The van der Waals surface area contributed by atoms with Gasteiger partial charge in [0.25, 0.3) is 5.56 Å². The zero-order valence-corrected chi connectivity index (χ0v) is 17.3. The average Bonchev–Trinajstić information content (AvgIpc) is 2.69. The Bertz CT molecular complexity index is 1060. The molecule has 0 aliphatic carbocycles. The van der Waals surface area contributed by atoms with Gasteiger partial charge >= 0.3 is 0 Å². The number of aromatic nitrogens is 1. The second-order valence-electron chi connectivity index (χ2n) is 6.89. The van der Waals surface area contributed by atoms with Crippen LogP contribution in [0.2, 0.25) is 0 Å². The average molecular weight is 421 g/mol. The zero-order chi connectivity index (χ0) is 21.2. The summed E-state index contributed by atoms with van der Waals surface area (Å²) in [6.07, 6.45) is 0.830. The fourth-order valence-corrected chi connectivity index (χ4v) is 3.75. The molecule has 9 nitrogen and oxygen atoms in total. The minimum Gasteiger partial charge on any atom is -0.486 e. The number of para-hydroxylation sites is 2. The lowest BCUT2D eigenvalue weighted by Crippen LogP contribution is -2.43. The Morgan fingerprint density at radius 3 is 2.52 bits per heavy atom. The lowest BCUT2D eigenvalue weighted by Gasteiger charge is -2.29. The van der Waals surface area contributed by atoms with E-state index in [9.17, 15) is 18.0 Å². The van der Waals surface area contributed by atoms with E-state index >= 15 is 0 Å². The van der Waals surface area contributed by atoms with Crippen LogP contribution in [-0.2, 0) is 21.4 Å². The number of carbonyl (C=O) groups is 1. The number of likely N-dealkylation sites (N-methyl/N-ethyl adjacent to an activating group) is 1. The molecule has 1 amide bonds. The van der Waals surface area contributed by atoms with Gasteiger partial charge in [-0.1, -0.05) is 12.1 Å². The lowest BCUT2D eigenvalue weighted by atomic mass is 10.2. The standard InChI is InChI=1S/C19H23N3O6S/c1-20(2)29(25,26)15-8-9-18(23)22(11-15)12-19(24)21(3)10-14-13-27-16-6-4-5-7-17(16)28-14/h4-9,11,14H,10,12-13H2,1-3H3. The van der Waals surface area contributed by atoms with Crippen molar-refractivity contribution in [2.24, 2.45) is 0 Å². The Labute approximate surface area is 169 Å². The highest BCUT2D eigenvalue weighted by atomic mass is 32.2. The summed E-state index contributed by atoms with van der Waals surface area (Å²) in [4.78, 5) is 26.1. The molecule has 1 atom stereocenters. The maximum atomic E-state index is 12.6. The molecule has 1 aromatic heterocycles. The molecule has 0 spiro atoms.